The number of benzene rings is 2. The quantitative estimate of drug-likeness (QED) is 0.734. The second-order valence-corrected chi connectivity index (χ2v) is 4.96. The Balaban J connectivity index is 1.44. The molecule has 1 heterocycles. The molecule has 0 atom stereocenters. The molecule has 0 saturated heterocycles. The zero-order valence-corrected chi connectivity index (χ0v) is 12.1. The average Bonchev–Trinajstić information content (AvgIpc) is 2.97. The van der Waals surface area contributed by atoms with E-state index in [1.165, 1.54) is 0 Å². The van der Waals surface area contributed by atoms with Crippen LogP contribution in [0.2, 0.25) is 0 Å². The molecule has 0 fully saturated rings. The molecule has 5 nitrogen and oxygen atoms in total. The minimum absolute atomic E-state index is 0.0368. The Morgan fingerprint density at radius 1 is 1.09 bits per heavy atom. The average molecular weight is 295 g/mol. The number of nitrogens with one attached hydrogen (secondary N) is 2. The largest absolute Gasteiger partial charge is 0.367 e. The molecule has 0 bridgehead atoms. The van der Waals surface area contributed by atoms with E-state index in [9.17, 15) is 4.79 Å². The predicted molar refractivity (Wildman–Crippen MR) is 84.0 cm³/mol. The monoisotopic (exact) mass is 295 g/mol. The van der Waals surface area contributed by atoms with Gasteiger partial charge in [-0.2, -0.15) is 0 Å². The zero-order valence-electron chi connectivity index (χ0n) is 12.1. The van der Waals surface area contributed by atoms with Gasteiger partial charge in [0.15, 0.2) is 0 Å². The summed E-state index contributed by atoms with van der Waals surface area (Å²) in [4.78, 5) is 19.3. The Morgan fingerprint density at radius 3 is 2.68 bits per heavy atom. The molecular weight excluding hydrogens is 278 g/mol. The fraction of sp³-hybridized carbons (Fsp3) is 0.176. The fourth-order valence-electron chi connectivity index (χ4n) is 2.16. The second-order valence-electron chi connectivity index (χ2n) is 4.96. The lowest BCUT2D eigenvalue weighted by atomic mass is 10.2. The fourth-order valence-corrected chi connectivity index (χ4v) is 2.16. The SMILES string of the molecule is O=C(COCc1ccccc1)NCc1nc2ccccc2[nH]1. The van der Waals surface area contributed by atoms with E-state index >= 15 is 0 Å². The van der Waals surface area contributed by atoms with Crippen LogP contribution in [0.5, 0.6) is 0 Å². The number of ether oxygens (including phenoxy) is 1. The number of aromatic amines is 1. The van der Waals surface area contributed by atoms with Crippen LogP contribution in [0.1, 0.15) is 11.4 Å². The first kappa shape index (κ1) is 14.3. The number of amides is 1. The summed E-state index contributed by atoms with van der Waals surface area (Å²) in [6, 6.07) is 17.5. The van der Waals surface area contributed by atoms with Crippen molar-refractivity contribution in [2.75, 3.05) is 6.61 Å². The van der Waals surface area contributed by atoms with E-state index in [0.717, 1.165) is 22.4 Å². The maximum absolute atomic E-state index is 11.7. The lowest BCUT2D eigenvalue weighted by Crippen LogP contribution is -2.27. The summed E-state index contributed by atoms with van der Waals surface area (Å²) in [5.41, 5.74) is 2.91. The van der Waals surface area contributed by atoms with Gasteiger partial charge in [-0.1, -0.05) is 42.5 Å². The number of carbonyl (C=O) groups is 1. The summed E-state index contributed by atoms with van der Waals surface area (Å²) < 4.78 is 5.39. The predicted octanol–water partition coefficient (Wildman–Crippen LogP) is 2.40. The van der Waals surface area contributed by atoms with Gasteiger partial charge in [0.25, 0.3) is 0 Å². The molecule has 1 aromatic heterocycles. The molecule has 0 aliphatic carbocycles. The molecule has 0 aliphatic heterocycles. The molecule has 112 valence electrons. The number of fused-ring (bicyclic) bond motifs is 1. The van der Waals surface area contributed by atoms with E-state index in [0.29, 0.717) is 13.2 Å². The molecular formula is C17H17N3O2. The molecule has 1 amide bonds. The molecule has 0 radical (unpaired) electrons. The normalized spacial score (nSPS) is 10.7. The lowest BCUT2D eigenvalue weighted by Gasteiger charge is -2.05. The van der Waals surface area contributed by atoms with Gasteiger partial charge in [0, 0.05) is 0 Å². The smallest absolute Gasteiger partial charge is 0.246 e. The molecule has 5 heteroatoms. The number of nitrogens with zero attached hydrogens (tertiary/aromatic N) is 1. The minimum atomic E-state index is -0.156. The summed E-state index contributed by atoms with van der Waals surface area (Å²) in [6.45, 7) is 0.830. The first-order valence-electron chi connectivity index (χ1n) is 7.13. The maximum Gasteiger partial charge on any atom is 0.246 e. The maximum atomic E-state index is 11.7. The molecule has 2 aromatic carbocycles. The Morgan fingerprint density at radius 2 is 1.86 bits per heavy atom. The van der Waals surface area contributed by atoms with Crippen LogP contribution in [-0.2, 0) is 22.7 Å². The van der Waals surface area contributed by atoms with E-state index < -0.39 is 0 Å². The van der Waals surface area contributed by atoms with Crippen LogP contribution >= 0.6 is 0 Å². The van der Waals surface area contributed by atoms with Crippen molar-refractivity contribution in [2.45, 2.75) is 13.2 Å². The number of H-pyrrole nitrogens is 1. The van der Waals surface area contributed by atoms with E-state index in [1.54, 1.807) is 0 Å². The van der Waals surface area contributed by atoms with E-state index in [-0.39, 0.29) is 12.5 Å². The first-order chi connectivity index (χ1) is 10.8. The molecule has 3 aromatic rings. The Bertz CT molecular complexity index is 720. The number of rotatable bonds is 6. The van der Waals surface area contributed by atoms with Crippen molar-refractivity contribution in [3.05, 3.63) is 66.0 Å². The van der Waals surface area contributed by atoms with Gasteiger partial charge in [0.05, 0.1) is 24.2 Å². The number of hydrogen-bond acceptors (Lipinski definition) is 3. The van der Waals surface area contributed by atoms with Gasteiger partial charge in [0.2, 0.25) is 5.91 Å². The van der Waals surface area contributed by atoms with Crippen LogP contribution in [0.4, 0.5) is 0 Å². The highest BCUT2D eigenvalue weighted by atomic mass is 16.5. The van der Waals surface area contributed by atoms with Crippen molar-refractivity contribution >= 4 is 16.9 Å². The number of carbonyl (C=O) groups excluding carboxylic acids is 1. The third-order valence-electron chi connectivity index (χ3n) is 3.24. The van der Waals surface area contributed by atoms with E-state index in [2.05, 4.69) is 15.3 Å². The van der Waals surface area contributed by atoms with Crippen molar-refractivity contribution in [2.24, 2.45) is 0 Å². The molecule has 0 aliphatic rings. The van der Waals surface area contributed by atoms with Crippen molar-refractivity contribution < 1.29 is 9.53 Å². The number of para-hydroxylation sites is 2. The molecule has 2 N–H and O–H groups in total. The van der Waals surface area contributed by atoms with E-state index in [1.807, 2.05) is 54.6 Å². The Labute approximate surface area is 128 Å². The number of hydrogen-bond donors (Lipinski definition) is 2. The topological polar surface area (TPSA) is 67.0 Å². The van der Waals surface area contributed by atoms with Crippen LogP contribution in [0.25, 0.3) is 11.0 Å². The van der Waals surface area contributed by atoms with Gasteiger partial charge < -0.3 is 15.0 Å². The molecule has 0 spiro atoms. The van der Waals surface area contributed by atoms with E-state index in [4.69, 9.17) is 4.74 Å². The second kappa shape index (κ2) is 6.87. The number of aromatic nitrogens is 2. The van der Waals surface area contributed by atoms with Gasteiger partial charge in [-0.05, 0) is 17.7 Å². The Hall–Kier alpha value is -2.66. The Kier molecular flexibility index (Phi) is 4.46. The summed E-state index contributed by atoms with van der Waals surface area (Å²) >= 11 is 0. The van der Waals surface area contributed by atoms with Crippen LogP contribution in [0.3, 0.4) is 0 Å². The highest BCUT2D eigenvalue weighted by molar-refractivity contribution is 5.77. The van der Waals surface area contributed by atoms with Crippen LogP contribution in [0.15, 0.2) is 54.6 Å². The highest BCUT2D eigenvalue weighted by Crippen LogP contribution is 2.09. The van der Waals surface area contributed by atoms with Gasteiger partial charge in [0.1, 0.15) is 12.4 Å². The van der Waals surface area contributed by atoms with Crippen molar-refractivity contribution in [1.29, 1.82) is 0 Å². The standard InChI is InChI=1S/C17H17N3O2/c21-17(12-22-11-13-6-2-1-3-7-13)18-10-16-19-14-8-4-5-9-15(14)20-16/h1-9H,10-12H2,(H,18,21)(H,19,20). The first-order valence-corrected chi connectivity index (χ1v) is 7.13. The van der Waals surface area contributed by atoms with Crippen molar-refractivity contribution in [3.63, 3.8) is 0 Å². The lowest BCUT2D eigenvalue weighted by molar-refractivity contribution is -0.126. The van der Waals surface area contributed by atoms with Gasteiger partial charge in [-0.15, -0.1) is 0 Å². The van der Waals surface area contributed by atoms with Gasteiger partial charge in [-0.3, -0.25) is 4.79 Å². The van der Waals surface area contributed by atoms with Crippen LogP contribution < -0.4 is 5.32 Å². The molecule has 22 heavy (non-hydrogen) atoms. The summed E-state index contributed by atoms with van der Waals surface area (Å²) in [5, 5.41) is 2.79. The van der Waals surface area contributed by atoms with Crippen molar-refractivity contribution in [3.8, 4) is 0 Å². The highest BCUT2D eigenvalue weighted by Gasteiger charge is 2.05. The van der Waals surface area contributed by atoms with Crippen LogP contribution in [0, 0.1) is 0 Å². The van der Waals surface area contributed by atoms with Gasteiger partial charge in [-0.25, -0.2) is 4.98 Å². The molecule has 0 unspecified atom stereocenters. The third-order valence-corrected chi connectivity index (χ3v) is 3.24. The summed E-state index contributed by atoms with van der Waals surface area (Å²) in [7, 11) is 0. The molecule has 0 saturated carbocycles. The van der Waals surface area contributed by atoms with Crippen LogP contribution in [-0.4, -0.2) is 22.5 Å². The number of imidazole rings is 1. The third kappa shape index (κ3) is 3.71. The van der Waals surface area contributed by atoms with Crippen molar-refractivity contribution in [1.82, 2.24) is 15.3 Å². The minimum Gasteiger partial charge on any atom is -0.367 e. The summed E-state index contributed by atoms with van der Waals surface area (Å²) in [6.07, 6.45) is 0. The zero-order chi connectivity index (χ0) is 15.2. The summed E-state index contributed by atoms with van der Waals surface area (Å²) in [5.74, 6) is 0.578. The molecule has 3 rings (SSSR count). The van der Waals surface area contributed by atoms with Gasteiger partial charge >= 0.3 is 0 Å².